The molecule has 0 amide bonds. The van der Waals surface area contributed by atoms with Crippen molar-refractivity contribution in [1.82, 2.24) is 9.97 Å². The zero-order valence-corrected chi connectivity index (χ0v) is 11.5. The monoisotopic (exact) mass is 261 g/mol. The largest absolute Gasteiger partial charge is 0.497 e. The normalized spacial score (nSPS) is 10.5. The Kier molecular flexibility index (Phi) is 3.94. The quantitative estimate of drug-likeness (QED) is 0.864. The molecule has 0 saturated carbocycles. The second kappa shape index (κ2) is 5.65. The molecule has 5 nitrogen and oxygen atoms in total. The van der Waals surface area contributed by atoms with E-state index in [1.807, 2.05) is 25.1 Å². The van der Waals surface area contributed by atoms with Gasteiger partial charge in [-0.25, -0.2) is 4.98 Å². The van der Waals surface area contributed by atoms with Crippen LogP contribution in [-0.2, 0) is 12.8 Å². The minimum Gasteiger partial charge on any atom is -0.497 e. The number of nitrogen functional groups attached to an aromatic ring is 1. The Bertz CT molecular complexity index is 564. The molecular weight excluding hydrogens is 242 g/mol. The fourth-order valence-electron chi connectivity index (χ4n) is 2.08. The van der Waals surface area contributed by atoms with Gasteiger partial charge in [-0.1, -0.05) is 6.07 Å². The van der Waals surface area contributed by atoms with E-state index in [-0.39, 0.29) is 0 Å². The lowest BCUT2D eigenvalue weighted by Crippen LogP contribution is -1.98. The number of imidazole rings is 1. The van der Waals surface area contributed by atoms with Crippen LogP contribution in [0.5, 0.6) is 11.5 Å². The maximum Gasteiger partial charge on any atom is 0.197 e. The van der Waals surface area contributed by atoms with Crippen LogP contribution in [0.1, 0.15) is 17.0 Å². The molecule has 0 aliphatic heterocycles. The van der Waals surface area contributed by atoms with Crippen molar-refractivity contribution >= 4 is 5.95 Å². The summed E-state index contributed by atoms with van der Waals surface area (Å²) in [7, 11) is 3.31. The van der Waals surface area contributed by atoms with Crippen molar-refractivity contribution in [2.45, 2.75) is 19.8 Å². The number of H-pyrrole nitrogens is 1. The Morgan fingerprint density at radius 2 is 2.00 bits per heavy atom. The molecule has 0 aliphatic rings. The number of methoxy groups -OCH3 is 2. The van der Waals surface area contributed by atoms with E-state index in [9.17, 15) is 0 Å². The summed E-state index contributed by atoms with van der Waals surface area (Å²) in [5, 5.41) is 0. The van der Waals surface area contributed by atoms with Crippen LogP contribution in [-0.4, -0.2) is 24.2 Å². The summed E-state index contributed by atoms with van der Waals surface area (Å²) in [6, 6.07) is 5.84. The van der Waals surface area contributed by atoms with Gasteiger partial charge in [-0.15, -0.1) is 0 Å². The second-order valence-electron chi connectivity index (χ2n) is 4.37. The maximum atomic E-state index is 5.63. The molecule has 0 radical (unpaired) electrons. The summed E-state index contributed by atoms with van der Waals surface area (Å²) in [5.74, 6) is 2.09. The van der Waals surface area contributed by atoms with Crippen LogP contribution in [0.15, 0.2) is 18.2 Å². The number of hydrogen-bond donors (Lipinski definition) is 2. The average Bonchev–Trinajstić information content (AvgIpc) is 2.74. The minimum absolute atomic E-state index is 0.467. The molecule has 2 rings (SSSR count). The van der Waals surface area contributed by atoms with E-state index in [2.05, 4.69) is 9.97 Å². The standard InChI is InChI=1S/C14H19N3O2/c1-9-12(17-14(15)16-9)7-5-10-4-6-11(18-2)8-13(10)19-3/h4,6,8H,5,7H2,1-3H3,(H3,15,16,17). The number of benzene rings is 1. The number of nitrogens with zero attached hydrogens (tertiary/aromatic N) is 1. The van der Waals surface area contributed by atoms with Crippen LogP contribution in [0, 0.1) is 6.92 Å². The van der Waals surface area contributed by atoms with Crippen LogP contribution in [0.4, 0.5) is 5.95 Å². The van der Waals surface area contributed by atoms with Crippen LogP contribution >= 0.6 is 0 Å². The molecule has 1 aromatic heterocycles. The van der Waals surface area contributed by atoms with Gasteiger partial charge in [-0.3, -0.25) is 0 Å². The second-order valence-corrected chi connectivity index (χ2v) is 4.37. The molecule has 5 heteroatoms. The van der Waals surface area contributed by atoms with Crippen molar-refractivity contribution < 1.29 is 9.47 Å². The summed E-state index contributed by atoms with van der Waals surface area (Å²) in [6.45, 7) is 1.98. The van der Waals surface area contributed by atoms with E-state index < -0.39 is 0 Å². The van der Waals surface area contributed by atoms with E-state index in [0.29, 0.717) is 5.95 Å². The van der Waals surface area contributed by atoms with E-state index in [1.165, 1.54) is 0 Å². The molecule has 1 heterocycles. The molecule has 0 atom stereocenters. The molecule has 0 fully saturated rings. The number of anilines is 1. The smallest absolute Gasteiger partial charge is 0.197 e. The Balaban J connectivity index is 2.13. The Morgan fingerprint density at radius 3 is 2.58 bits per heavy atom. The van der Waals surface area contributed by atoms with Gasteiger partial charge in [0, 0.05) is 11.8 Å². The molecular formula is C14H19N3O2. The minimum atomic E-state index is 0.467. The van der Waals surface area contributed by atoms with E-state index in [1.54, 1.807) is 14.2 Å². The van der Waals surface area contributed by atoms with Crippen molar-refractivity contribution in [2.75, 3.05) is 20.0 Å². The molecule has 102 valence electrons. The highest BCUT2D eigenvalue weighted by Crippen LogP contribution is 2.25. The third-order valence-corrected chi connectivity index (χ3v) is 3.13. The first kappa shape index (κ1) is 13.3. The predicted octanol–water partition coefficient (Wildman–Crippen LogP) is 2.10. The molecule has 1 aromatic carbocycles. The van der Waals surface area contributed by atoms with Crippen LogP contribution in [0.3, 0.4) is 0 Å². The number of rotatable bonds is 5. The molecule has 19 heavy (non-hydrogen) atoms. The lowest BCUT2D eigenvalue weighted by atomic mass is 10.1. The summed E-state index contributed by atoms with van der Waals surface area (Å²) in [6.07, 6.45) is 1.67. The highest BCUT2D eigenvalue weighted by atomic mass is 16.5. The molecule has 0 spiro atoms. The molecule has 0 bridgehead atoms. The van der Waals surface area contributed by atoms with Gasteiger partial charge >= 0.3 is 0 Å². The number of nitrogens with two attached hydrogens (primary N) is 1. The number of aryl methyl sites for hydroxylation is 3. The molecule has 0 saturated heterocycles. The zero-order chi connectivity index (χ0) is 13.8. The van der Waals surface area contributed by atoms with E-state index in [0.717, 1.165) is 41.3 Å². The topological polar surface area (TPSA) is 73.2 Å². The summed E-state index contributed by atoms with van der Waals surface area (Å²) >= 11 is 0. The first-order chi connectivity index (χ1) is 9.13. The van der Waals surface area contributed by atoms with Gasteiger partial charge in [0.1, 0.15) is 11.5 Å². The van der Waals surface area contributed by atoms with Crippen molar-refractivity contribution in [3.05, 3.63) is 35.2 Å². The number of nitrogens with one attached hydrogen (secondary N) is 1. The van der Waals surface area contributed by atoms with Gasteiger partial charge in [0.15, 0.2) is 5.95 Å². The first-order valence-electron chi connectivity index (χ1n) is 6.16. The number of aromatic nitrogens is 2. The van der Waals surface area contributed by atoms with E-state index >= 15 is 0 Å². The molecule has 0 unspecified atom stereocenters. The fourth-order valence-corrected chi connectivity index (χ4v) is 2.08. The Hall–Kier alpha value is -2.17. The van der Waals surface area contributed by atoms with Crippen LogP contribution in [0.2, 0.25) is 0 Å². The summed E-state index contributed by atoms with van der Waals surface area (Å²) in [4.78, 5) is 7.28. The van der Waals surface area contributed by atoms with Gasteiger partial charge in [0.05, 0.1) is 19.9 Å². The van der Waals surface area contributed by atoms with Gasteiger partial charge in [-0.2, -0.15) is 0 Å². The maximum absolute atomic E-state index is 5.63. The average molecular weight is 261 g/mol. The summed E-state index contributed by atoms with van der Waals surface area (Å²) < 4.78 is 10.6. The molecule has 3 N–H and O–H groups in total. The molecule has 2 aromatic rings. The highest BCUT2D eigenvalue weighted by Gasteiger charge is 2.08. The van der Waals surface area contributed by atoms with Crippen molar-refractivity contribution in [1.29, 1.82) is 0 Å². The lowest BCUT2D eigenvalue weighted by molar-refractivity contribution is 0.391. The SMILES string of the molecule is COc1ccc(CCc2nc(N)[nH]c2C)c(OC)c1. The Labute approximate surface area is 112 Å². The number of ether oxygens (including phenoxy) is 2. The third-order valence-electron chi connectivity index (χ3n) is 3.13. The van der Waals surface area contributed by atoms with Crippen molar-refractivity contribution in [2.24, 2.45) is 0 Å². The number of hydrogen-bond acceptors (Lipinski definition) is 4. The zero-order valence-electron chi connectivity index (χ0n) is 11.5. The number of aromatic amines is 1. The van der Waals surface area contributed by atoms with Crippen molar-refractivity contribution in [3.8, 4) is 11.5 Å². The third kappa shape index (κ3) is 2.99. The van der Waals surface area contributed by atoms with Gasteiger partial charge in [-0.05, 0) is 31.4 Å². The van der Waals surface area contributed by atoms with Gasteiger partial charge in [0.2, 0.25) is 0 Å². The predicted molar refractivity (Wildman–Crippen MR) is 74.7 cm³/mol. The van der Waals surface area contributed by atoms with Crippen LogP contribution < -0.4 is 15.2 Å². The van der Waals surface area contributed by atoms with Crippen LogP contribution in [0.25, 0.3) is 0 Å². The highest BCUT2D eigenvalue weighted by molar-refractivity contribution is 5.41. The lowest BCUT2D eigenvalue weighted by Gasteiger charge is -2.10. The van der Waals surface area contributed by atoms with Gasteiger partial charge < -0.3 is 20.2 Å². The summed E-state index contributed by atoms with van der Waals surface area (Å²) in [5.41, 5.74) is 8.78. The van der Waals surface area contributed by atoms with Gasteiger partial charge in [0.25, 0.3) is 0 Å². The Morgan fingerprint density at radius 1 is 1.21 bits per heavy atom. The van der Waals surface area contributed by atoms with Crippen molar-refractivity contribution in [3.63, 3.8) is 0 Å². The molecule has 0 aliphatic carbocycles. The fraction of sp³-hybridized carbons (Fsp3) is 0.357. The first-order valence-corrected chi connectivity index (χ1v) is 6.16. The van der Waals surface area contributed by atoms with E-state index in [4.69, 9.17) is 15.2 Å².